The zero-order chi connectivity index (χ0) is 17.6. The molecule has 0 saturated carbocycles. The number of ether oxygens (including phenoxy) is 2. The van der Waals surface area contributed by atoms with Crippen LogP contribution in [0.4, 0.5) is 5.82 Å². The molecule has 2 aromatic carbocycles. The van der Waals surface area contributed by atoms with Gasteiger partial charge in [0, 0.05) is 12.3 Å². The van der Waals surface area contributed by atoms with Crippen LogP contribution in [0.15, 0.2) is 60.8 Å². The van der Waals surface area contributed by atoms with Crippen LogP contribution in [-0.4, -0.2) is 29.9 Å². The summed E-state index contributed by atoms with van der Waals surface area (Å²) in [5.41, 5.74) is 1.47. The Morgan fingerprint density at radius 1 is 1.00 bits per heavy atom. The number of anilines is 1. The third-order valence-corrected chi connectivity index (χ3v) is 3.72. The van der Waals surface area contributed by atoms with E-state index in [0.29, 0.717) is 29.4 Å². The number of carbonyl (C=O) groups excluding carboxylic acids is 1. The molecule has 128 valence electrons. The van der Waals surface area contributed by atoms with Gasteiger partial charge in [-0.3, -0.25) is 9.48 Å². The second-order valence-corrected chi connectivity index (χ2v) is 5.38. The molecule has 0 aliphatic rings. The normalized spacial score (nSPS) is 10.3. The first-order valence-corrected chi connectivity index (χ1v) is 7.81. The molecule has 1 N–H and O–H groups in total. The number of nitrogens with zero attached hydrogens (tertiary/aromatic N) is 2. The predicted molar refractivity (Wildman–Crippen MR) is 95.3 cm³/mol. The highest BCUT2D eigenvalue weighted by Crippen LogP contribution is 2.28. The molecule has 3 aromatic rings. The first kappa shape index (κ1) is 16.6. The van der Waals surface area contributed by atoms with Gasteiger partial charge in [-0.25, -0.2) is 0 Å². The maximum absolute atomic E-state index is 12.6. The highest BCUT2D eigenvalue weighted by atomic mass is 16.5. The van der Waals surface area contributed by atoms with Crippen molar-refractivity contribution < 1.29 is 14.3 Å². The van der Waals surface area contributed by atoms with E-state index in [0.717, 1.165) is 5.56 Å². The molecule has 0 aliphatic carbocycles. The van der Waals surface area contributed by atoms with Crippen molar-refractivity contribution in [2.75, 3.05) is 19.5 Å². The van der Waals surface area contributed by atoms with Gasteiger partial charge >= 0.3 is 0 Å². The molecule has 6 nitrogen and oxygen atoms in total. The Bertz CT molecular complexity index is 837. The molecule has 1 aromatic heterocycles. The van der Waals surface area contributed by atoms with Crippen LogP contribution in [-0.2, 0) is 6.54 Å². The summed E-state index contributed by atoms with van der Waals surface area (Å²) in [6, 6.07) is 16.9. The molecule has 25 heavy (non-hydrogen) atoms. The van der Waals surface area contributed by atoms with E-state index in [1.165, 1.54) is 14.2 Å². The zero-order valence-electron chi connectivity index (χ0n) is 14.1. The van der Waals surface area contributed by atoms with Gasteiger partial charge in [0.25, 0.3) is 5.91 Å². The van der Waals surface area contributed by atoms with Gasteiger partial charge < -0.3 is 14.8 Å². The smallest absolute Gasteiger partial charge is 0.264 e. The molecular weight excluding hydrogens is 318 g/mol. The van der Waals surface area contributed by atoms with Crippen LogP contribution >= 0.6 is 0 Å². The van der Waals surface area contributed by atoms with Crippen molar-refractivity contribution in [2.45, 2.75) is 6.54 Å². The van der Waals surface area contributed by atoms with Crippen LogP contribution < -0.4 is 14.8 Å². The van der Waals surface area contributed by atoms with Crippen molar-refractivity contribution >= 4 is 11.7 Å². The summed E-state index contributed by atoms with van der Waals surface area (Å²) < 4.78 is 12.3. The summed E-state index contributed by atoms with van der Waals surface area (Å²) in [4.78, 5) is 12.6. The number of methoxy groups -OCH3 is 2. The Labute approximate surface area is 146 Å². The summed E-state index contributed by atoms with van der Waals surface area (Å²) >= 11 is 0. The van der Waals surface area contributed by atoms with Crippen LogP contribution in [0.2, 0.25) is 0 Å². The minimum Gasteiger partial charge on any atom is -0.496 e. The Balaban J connectivity index is 1.76. The van der Waals surface area contributed by atoms with Gasteiger partial charge in [0.05, 0.1) is 20.8 Å². The van der Waals surface area contributed by atoms with Gasteiger partial charge in [-0.1, -0.05) is 36.4 Å². The Morgan fingerprint density at radius 2 is 1.68 bits per heavy atom. The average molecular weight is 337 g/mol. The molecular formula is C19H19N3O3. The lowest BCUT2D eigenvalue weighted by molar-refractivity contribution is 0.102. The van der Waals surface area contributed by atoms with Crippen molar-refractivity contribution in [3.05, 3.63) is 71.9 Å². The van der Waals surface area contributed by atoms with E-state index in [1.807, 2.05) is 36.5 Å². The Morgan fingerprint density at radius 3 is 2.32 bits per heavy atom. The van der Waals surface area contributed by atoms with Crippen LogP contribution in [0.3, 0.4) is 0 Å². The Hall–Kier alpha value is -3.28. The summed E-state index contributed by atoms with van der Waals surface area (Å²) in [7, 11) is 3.03. The molecule has 0 spiro atoms. The van der Waals surface area contributed by atoms with Gasteiger partial charge in [0.15, 0.2) is 5.82 Å². The highest BCUT2D eigenvalue weighted by molar-refractivity contribution is 6.07. The maximum atomic E-state index is 12.6. The molecule has 0 radical (unpaired) electrons. The highest BCUT2D eigenvalue weighted by Gasteiger charge is 2.19. The molecule has 1 heterocycles. The fourth-order valence-electron chi connectivity index (χ4n) is 2.54. The molecule has 3 rings (SSSR count). The quantitative estimate of drug-likeness (QED) is 0.750. The topological polar surface area (TPSA) is 65.4 Å². The lowest BCUT2D eigenvalue weighted by atomic mass is 10.1. The van der Waals surface area contributed by atoms with E-state index in [1.54, 1.807) is 28.9 Å². The summed E-state index contributed by atoms with van der Waals surface area (Å²) in [6.45, 7) is 0.634. The second-order valence-electron chi connectivity index (χ2n) is 5.38. The molecule has 0 aliphatic heterocycles. The van der Waals surface area contributed by atoms with Crippen LogP contribution in [0.25, 0.3) is 0 Å². The number of carbonyl (C=O) groups is 1. The SMILES string of the molecule is COc1cccc(OC)c1C(=O)Nc1ccn(Cc2ccccc2)n1. The number of rotatable bonds is 6. The van der Waals surface area contributed by atoms with Crippen molar-refractivity contribution in [1.82, 2.24) is 9.78 Å². The summed E-state index contributed by atoms with van der Waals surface area (Å²) in [5, 5.41) is 7.17. The van der Waals surface area contributed by atoms with Gasteiger partial charge in [0.1, 0.15) is 17.1 Å². The summed E-state index contributed by atoms with van der Waals surface area (Å²) in [5.74, 6) is 1.02. The van der Waals surface area contributed by atoms with E-state index in [2.05, 4.69) is 10.4 Å². The monoisotopic (exact) mass is 337 g/mol. The fourth-order valence-corrected chi connectivity index (χ4v) is 2.54. The van der Waals surface area contributed by atoms with E-state index in [4.69, 9.17) is 9.47 Å². The Kier molecular flexibility index (Phi) is 4.99. The van der Waals surface area contributed by atoms with Crippen molar-refractivity contribution in [2.24, 2.45) is 0 Å². The van der Waals surface area contributed by atoms with Gasteiger partial charge in [-0.15, -0.1) is 0 Å². The van der Waals surface area contributed by atoms with Crippen molar-refractivity contribution in [3.8, 4) is 11.5 Å². The molecule has 0 atom stereocenters. The van der Waals surface area contributed by atoms with E-state index >= 15 is 0 Å². The number of nitrogens with one attached hydrogen (secondary N) is 1. The van der Waals surface area contributed by atoms with Gasteiger partial charge in [-0.05, 0) is 17.7 Å². The molecule has 0 fully saturated rings. The molecule has 0 unspecified atom stereocenters. The lowest BCUT2D eigenvalue weighted by Gasteiger charge is -2.12. The van der Waals surface area contributed by atoms with Crippen LogP contribution in [0, 0.1) is 0 Å². The van der Waals surface area contributed by atoms with Crippen LogP contribution in [0.1, 0.15) is 15.9 Å². The first-order valence-electron chi connectivity index (χ1n) is 7.81. The lowest BCUT2D eigenvalue weighted by Crippen LogP contribution is -2.15. The fraction of sp³-hybridized carbons (Fsp3) is 0.158. The molecule has 1 amide bonds. The van der Waals surface area contributed by atoms with Gasteiger partial charge in [0.2, 0.25) is 0 Å². The minimum atomic E-state index is -0.334. The van der Waals surface area contributed by atoms with Crippen LogP contribution in [0.5, 0.6) is 11.5 Å². The standard InChI is InChI=1S/C19H19N3O3/c1-24-15-9-6-10-16(25-2)18(15)19(23)20-17-11-12-22(21-17)13-14-7-4-3-5-8-14/h3-12H,13H2,1-2H3,(H,20,21,23). The third-order valence-electron chi connectivity index (χ3n) is 3.72. The number of hydrogen-bond donors (Lipinski definition) is 1. The average Bonchev–Trinajstić information content (AvgIpc) is 3.08. The minimum absolute atomic E-state index is 0.334. The van der Waals surface area contributed by atoms with E-state index < -0.39 is 0 Å². The van der Waals surface area contributed by atoms with Crippen molar-refractivity contribution in [3.63, 3.8) is 0 Å². The zero-order valence-corrected chi connectivity index (χ0v) is 14.1. The number of amides is 1. The number of aromatic nitrogens is 2. The molecule has 0 bridgehead atoms. The summed E-state index contributed by atoms with van der Waals surface area (Å²) in [6.07, 6.45) is 1.82. The molecule has 6 heteroatoms. The maximum Gasteiger partial charge on any atom is 0.264 e. The van der Waals surface area contributed by atoms with E-state index in [9.17, 15) is 4.79 Å². The van der Waals surface area contributed by atoms with Gasteiger partial charge in [-0.2, -0.15) is 5.10 Å². The number of hydrogen-bond acceptors (Lipinski definition) is 4. The second kappa shape index (κ2) is 7.53. The predicted octanol–water partition coefficient (Wildman–Crippen LogP) is 3.20. The number of benzene rings is 2. The van der Waals surface area contributed by atoms with E-state index in [-0.39, 0.29) is 5.91 Å². The third kappa shape index (κ3) is 3.80. The largest absolute Gasteiger partial charge is 0.496 e. The molecule has 0 saturated heterocycles. The first-order chi connectivity index (χ1) is 12.2. The van der Waals surface area contributed by atoms with Crippen molar-refractivity contribution in [1.29, 1.82) is 0 Å².